The SMILES string of the molecule is CC(=O)OCC12CCC(C=Cc3cccc(C(=O)O)c3)(CC1)OC2. The highest BCUT2D eigenvalue weighted by atomic mass is 16.5. The lowest BCUT2D eigenvalue weighted by atomic mass is 9.66. The van der Waals surface area contributed by atoms with Gasteiger partial charge in [-0.05, 0) is 43.4 Å². The van der Waals surface area contributed by atoms with Gasteiger partial charge in [0.25, 0.3) is 0 Å². The van der Waals surface area contributed by atoms with Crippen LogP contribution in [-0.2, 0) is 14.3 Å². The number of fused-ring (bicyclic) bond motifs is 3. The molecule has 2 bridgehead atoms. The van der Waals surface area contributed by atoms with Crippen molar-refractivity contribution in [3.63, 3.8) is 0 Å². The van der Waals surface area contributed by atoms with Crippen LogP contribution in [0.4, 0.5) is 0 Å². The fraction of sp³-hybridized carbons (Fsp3) is 0.474. The molecule has 1 aromatic carbocycles. The van der Waals surface area contributed by atoms with Crippen LogP contribution in [0.2, 0.25) is 0 Å². The van der Waals surface area contributed by atoms with Gasteiger partial charge < -0.3 is 14.6 Å². The second-order valence-corrected chi connectivity index (χ2v) is 6.90. The maximum absolute atomic E-state index is 11.0. The Morgan fingerprint density at radius 1 is 1.29 bits per heavy atom. The maximum Gasteiger partial charge on any atom is 0.335 e. The number of rotatable bonds is 5. The van der Waals surface area contributed by atoms with Gasteiger partial charge >= 0.3 is 11.9 Å². The monoisotopic (exact) mass is 330 g/mol. The number of esters is 1. The van der Waals surface area contributed by atoms with Crippen LogP contribution in [0.1, 0.15) is 48.5 Å². The number of aromatic carboxylic acids is 1. The number of carbonyl (C=O) groups excluding carboxylic acids is 1. The van der Waals surface area contributed by atoms with Crippen LogP contribution < -0.4 is 0 Å². The number of carboxylic acid groups (broad SMARTS) is 1. The van der Waals surface area contributed by atoms with Crippen molar-refractivity contribution in [2.75, 3.05) is 13.2 Å². The van der Waals surface area contributed by atoms with Gasteiger partial charge in [-0.2, -0.15) is 0 Å². The lowest BCUT2D eigenvalue weighted by Crippen LogP contribution is -2.52. The number of carboxylic acids is 1. The van der Waals surface area contributed by atoms with Crippen molar-refractivity contribution in [2.24, 2.45) is 5.41 Å². The summed E-state index contributed by atoms with van der Waals surface area (Å²) in [7, 11) is 0. The van der Waals surface area contributed by atoms with E-state index in [1.165, 1.54) is 6.92 Å². The molecule has 1 N–H and O–H groups in total. The van der Waals surface area contributed by atoms with E-state index in [1.54, 1.807) is 18.2 Å². The summed E-state index contributed by atoms with van der Waals surface area (Å²) in [6.45, 7) is 2.46. The van der Waals surface area contributed by atoms with Crippen LogP contribution in [0.5, 0.6) is 0 Å². The predicted molar refractivity (Wildman–Crippen MR) is 88.7 cm³/mol. The molecular formula is C19H22O5. The minimum atomic E-state index is -0.926. The van der Waals surface area contributed by atoms with Crippen molar-refractivity contribution in [2.45, 2.75) is 38.2 Å². The average Bonchev–Trinajstić information content (AvgIpc) is 2.60. The molecule has 0 radical (unpaired) electrons. The first-order chi connectivity index (χ1) is 11.4. The van der Waals surface area contributed by atoms with Gasteiger partial charge in [-0.15, -0.1) is 0 Å². The van der Waals surface area contributed by atoms with E-state index in [0.29, 0.717) is 13.2 Å². The highest BCUT2D eigenvalue weighted by Crippen LogP contribution is 2.49. The standard InChI is InChI=1S/C19H22O5/c1-14(20)23-12-18-7-9-19(10-8-18,24-13-18)6-5-15-3-2-4-16(11-15)17(21)22/h2-6,11H,7-10,12-13H2,1H3,(H,21,22). The number of hydrogen-bond donors (Lipinski definition) is 1. The summed E-state index contributed by atoms with van der Waals surface area (Å²) in [5.41, 5.74) is 0.820. The molecule has 4 rings (SSSR count). The molecule has 2 saturated heterocycles. The van der Waals surface area contributed by atoms with E-state index < -0.39 is 5.97 Å². The zero-order valence-electron chi connectivity index (χ0n) is 13.8. The fourth-order valence-corrected chi connectivity index (χ4v) is 3.47. The second kappa shape index (κ2) is 6.40. The van der Waals surface area contributed by atoms with Crippen molar-refractivity contribution in [1.82, 2.24) is 0 Å². The molecule has 0 unspecified atom stereocenters. The lowest BCUT2D eigenvalue weighted by Gasteiger charge is -2.51. The van der Waals surface area contributed by atoms with Crippen molar-refractivity contribution >= 4 is 18.0 Å². The Morgan fingerprint density at radius 3 is 2.62 bits per heavy atom. The number of ether oxygens (including phenoxy) is 2. The van der Waals surface area contributed by atoms with Gasteiger partial charge in [0, 0.05) is 12.3 Å². The Labute approximate surface area is 141 Å². The normalized spacial score (nSPS) is 28.9. The van der Waals surface area contributed by atoms with Gasteiger partial charge in [0.1, 0.15) is 0 Å². The molecule has 0 aromatic heterocycles. The summed E-state index contributed by atoms with van der Waals surface area (Å²) in [6, 6.07) is 6.87. The van der Waals surface area contributed by atoms with E-state index in [4.69, 9.17) is 14.6 Å². The minimum Gasteiger partial charge on any atom is -0.478 e. The maximum atomic E-state index is 11.0. The van der Waals surface area contributed by atoms with Crippen molar-refractivity contribution in [3.05, 3.63) is 41.5 Å². The van der Waals surface area contributed by atoms with Crippen LogP contribution >= 0.6 is 0 Å². The van der Waals surface area contributed by atoms with Gasteiger partial charge in [-0.1, -0.05) is 24.3 Å². The molecule has 24 heavy (non-hydrogen) atoms. The number of carbonyl (C=O) groups is 2. The Kier molecular flexibility index (Phi) is 4.45. The average molecular weight is 330 g/mol. The van der Waals surface area contributed by atoms with E-state index >= 15 is 0 Å². The third kappa shape index (κ3) is 3.51. The first-order valence-electron chi connectivity index (χ1n) is 8.22. The molecular weight excluding hydrogens is 308 g/mol. The Morgan fingerprint density at radius 2 is 2.04 bits per heavy atom. The molecule has 1 saturated carbocycles. The van der Waals surface area contributed by atoms with Crippen molar-refractivity contribution < 1.29 is 24.2 Å². The molecule has 0 atom stereocenters. The van der Waals surface area contributed by atoms with Crippen molar-refractivity contribution in [1.29, 1.82) is 0 Å². The molecule has 2 aliphatic heterocycles. The molecule has 3 fully saturated rings. The Balaban J connectivity index is 1.66. The fourth-order valence-electron chi connectivity index (χ4n) is 3.47. The largest absolute Gasteiger partial charge is 0.478 e. The first kappa shape index (κ1) is 16.7. The highest BCUT2D eigenvalue weighted by Gasteiger charge is 2.49. The smallest absolute Gasteiger partial charge is 0.335 e. The van der Waals surface area contributed by atoms with Gasteiger partial charge in [0.2, 0.25) is 0 Å². The van der Waals surface area contributed by atoms with Crippen LogP contribution in [0.15, 0.2) is 30.3 Å². The molecule has 0 amide bonds. The van der Waals surface area contributed by atoms with Crippen LogP contribution in [0.25, 0.3) is 6.08 Å². The molecule has 1 aromatic rings. The van der Waals surface area contributed by atoms with Gasteiger partial charge in [0.05, 0.1) is 24.4 Å². The zero-order valence-corrected chi connectivity index (χ0v) is 13.8. The Bertz CT molecular complexity index is 652. The van der Waals surface area contributed by atoms with E-state index in [-0.39, 0.29) is 22.5 Å². The minimum absolute atomic E-state index is 0.0372. The third-order valence-corrected chi connectivity index (χ3v) is 5.12. The summed E-state index contributed by atoms with van der Waals surface area (Å²) in [5, 5.41) is 9.06. The first-order valence-corrected chi connectivity index (χ1v) is 8.22. The molecule has 128 valence electrons. The summed E-state index contributed by atoms with van der Waals surface area (Å²) in [5.74, 6) is -1.17. The second-order valence-electron chi connectivity index (χ2n) is 6.90. The summed E-state index contributed by atoms with van der Waals surface area (Å²) in [6.07, 6.45) is 7.73. The van der Waals surface area contributed by atoms with Gasteiger partial charge in [-0.25, -0.2) is 4.79 Å². The summed E-state index contributed by atoms with van der Waals surface area (Å²) < 4.78 is 11.3. The van der Waals surface area contributed by atoms with E-state index in [2.05, 4.69) is 6.08 Å². The molecule has 3 aliphatic rings. The number of hydrogen-bond acceptors (Lipinski definition) is 4. The van der Waals surface area contributed by atoms with Crippen molar-refractivity contribution in [3.8, 4) is 0 Å². The predicted octanol–water partition coefficient (Wildman–Crippen LogP) is 3.29. The van der Waals surface area contributed by atoms with E-state index in [1.807, 2.05) is 12.1 Å². The topological polar surface area (TPSA) is 72.8 Å². The zero-order chi connectivity index (χ0) is 17.2. The van der Waals surface area contributed by atoms with Crippen LogP contribution in [-0.4, -0.2) is 35.9 Å². The van der Waals surface area contributed by atoms with Gasteiger partial charge in [0.15, 0.2) is 0 Å². The van der Waals surface area contributed by atoms with Crippen LogP contribution in [0, 0.1) is 5.41 Å². The molecule has 5 heteroatoms. The lowest BCUT2D eigenvalue weighted by molar-refractivity contribution is -0.182. The number of benzene rings is 1. The third-order valence-electron chi connectivity index (χ3n) is 5.12. The Hall–Kier alpha value is -2.14. The van der Waals surface area contributed by atoms with E-state index in [9.17, 15) is 9.59 Å². The molecule has 2 heterocycles. The molecule has 1 aliphatic carbocycles. The van der Waals surface area contributed by atoms with E-state index in [0.717, 1.165) is 31.2 Å². The molecule has 5 nitrogen and oxygen atoms in total. The molecule has 0 spiro atoms. The quantitative estimate of drug-likeness (QED) is 0.839. The van der Waals surface area contributed by atoms with Crippen LogP contribution in [0.3, 0.4) is 0 Å². The summed E-state index contributed by atoms with van der Waals surface area (Å²) in [4.78, 5) is 22.1. The van der Waals surface area contributed by atoms with Gasteiger partial charge in [-0.3, -0.25) is 4.79 Å². The highest BCUT2D eigenvalue weighted by molar-refractivity contribution is 5.88. The summed E-state index contributed by atoms with van der Waals surface area (Å²) >= 11 is 0.